The number of amides is 1. The molecule has 3 nitrogen and oxygen atoms in total. The van der Waals surface area contributed by atoms with Gasteiger partial charge >= 0.3 is 0 Å². The van der Waals surface area contributed by atoms with Gasteiger partial charge in [-0.25, -0.2) is 0 Å². The highest BCUT2D eigenvalue weighted by Gasteiger charge is 2.12. The Kier molecular flexibility index (Phi) is 4.97. The van der Waals surface area contributed by atoms with Crippen molar-refractivity contribution >= 4 is 11.6 Å². The van der Waals surface area contributed by atoms with E-state index >= 15 is 0 Å². The summed E-state index contributed by atoms with van der Waals surface area (Å²) in [6, 6.07) is 6.30. The van der Waals surface area contributed by atoms with E-state index < -0.39 is 0 Å². The molecule has 3 heteroatoms. The first kappa shape index (κ1) is 14.1. The lowest BCUT2D eigenvalue weighted by Crippen LogP contribution is -2.14. The third-order valence-corrected chi connectivity index (χ3v) is 3.91. The van der Waals surface area contributed by atoms with Gasteiger partial charge in [-0.15, -0.1) is 0 Å². The van der Waals surface area contributed by atoms with Crippen LogP contribution in [-0.2, 0) is 17.6 Å². The molecule has 0 spiro atoms. The fraction of sp³-hybridized carbons (Fsp3) is 0.562. The van der Waals surface area contributed by atoms with Gasteiger partial charge in [0.15, 0.2) is 0 Å². The van der Waals surface area contributed by atoms with Crippen molar-refractivity contribution in [2.45, 2.75) is 45.4 Å². The number of nitrogens with one attached hydrogen (secondary N) is 1. The molecule has 0 aliphatic heterocycles. The zero-order valence-electron chi connectivity index (χ0n) is 11.7. The number of nitrogens with two attached hydrogens (primary N) is 1. The fourth-order valence-corrected chi connectivity index (χ4v) is 2.68. The average Bonchev–Trinajstić information content (AvgIpc) is 2.84. The molecule has 1 unspecified atom stereocenters. The Morgan fingerprint density at radius 2 is 2.11 bits per heavy atom. The van der Waals surface area contributed by atoms with Crippen LogP contribution < -0.4 is 11.1 Å². The van der Waals surface area contributed by atoms with Crippen molar-refractivity contribution in [3.63, 3.8) is 0 Å². The molecule has 104 valence electrons. The average molecular weight is 260 g/mol. The predicted octanol–water partition coefficient (Wildman–Crippen LogP) is 2.88. The second kappa shape index (κ2) is 6.71. The summed E-state index contributed by atoms with van der Waals surface area (Å²) < 4.78 is 0. The minimum atomic E-state index is 0.113. The van der Waals surface area contributed by atoms with Crippen LogP contribution in [0.4, 0.5) is 5.69 Å². The smallest absolute Gasteiger partial charge is 0.224 e. The molecule has 0 bridgehead atoms. The first-order chi connectivity index (χ1) is 9.19. The van der Waals surface area contributed by atoms with Crippen molar-refractivity contribution in [2.24, 2.45) is 11.7 Å². The number of fused-ring (bicyclic) bond motifs is 1. The van der Waals surface area contributed by atoms with Crippen LogP contribution in [0.15, 0.2) is 18.2 Å². The van der Waals surface area contributed by atoms with Gasteiger partial charge in [0, 0.05) is 12.1 Å². The summed E-state index contributed by atoms with van der Waals surface area (Å²) in [7, 11) is 0. The largest absolute Gasteiger partial charge is 0.330 e. The molecule has 0 saturated heterocycles. The Hall–Kier alpha value is -1.35. The molecule has 0 heterocycles. The molecule has 1 atom stereocenters. The maximum atomic E-state index is 11.9. The molecule has 19 heavy (non-hydrogen) atoms. The summed E-state index contributed by atoms with van der Waals surface area (Å²) in [5, 5.41) is 3.00. The topological polar surface area (TPSA) is 55.1 Å². The van der Waals surface area contributed by atoms with E-state index in [1.54, 1.807) is 0 Å². The Morgan fingerprint density at radius 3 is 2.89 bits per heavy atom. The van der Waals surface area contributed by atoms with Gasteiger partial charge in [-0.05, 0) is 67.8 Å². The fourth-order valence-electron chi connectivity index (χ4n) is 2.68. The Morgan fingerprint density at radius 1 is 1.32 bits per heavy atom. The van der Waals surface area contributed by atoms with Crippen molar-refractivity contribution in [1.82, 2.24) is 0 Å². The number of anilines is 1. The van der Waals surface area contributed by atoms with Crippen LogP contribution >= 0.6 is 0 Å². The highest BCUT2D eigenvalue weighted by molar-refractivity contribution is 5.90. The second-order valence-electron chi connectivity index (χ2n) is 5.61. The molecule has 1 aromatic rings. The summed E-state index contributed by atoms with van der Waals surface area (Å²) in [6.07, 6.45) is 6.05. The lowest BCUT2D eigenvalue weighted by atomic mass is 10.0. The highest BCUT2D eigenvalue weighted by Crippen LogP contribution is 2.25. The Labute approximate surface area is 115 Å². The second-order valence-corrected chi connectivity index (χ2v) is 5.61. The number of hydrogen-bond acceptors (Lipinski definition) is 2. The van der Waals surface area contributed by atoms with E-state index in [1.807, 2.05) is 6.07 Å². The van der Waals surface area contributed by atoms with Crippen LogP contribution in [0.2, 0.25) is 0 Å². The van der Waals surface area contributed by atoms with Gasteiger partial charge in [0.05, 0.1) is 0 Å². The summed E-state index contributed by atoms with van der Waals surface area (Å²) in [4.78, 5) is 11.9. The molecule has 1 aromatic carbocycles. The molecule has 2 rings (SSSR count). The van der Waals surface area contributed by atoms with Crippen molar-refractivity contribution in [3.05, 3.63) is 29.3 Å². The first-order valence-corrected chi connectivity index (χ1v) is 7.30. The Balaban J connectivity index is 1.82. The zero-order chi connectivity index (χ0) is 13.7. The van der Waals surface area contributed by atoms with Crippen LogP contribution in [-0.4, -0.2) is 12.5 Å². The van der Waals surface area contributed by atoms with Gasteiger partial charge in [-0.2, -0.15) is 0 Å². The van der Waals surface area contributed by atoms with Crippen LogP contribution in [0, 0.1) is 5.92 Å². The van der Waals surface area contributed by atoms with Gasteiger partial charge in [0.2, 0.25) is 5.91 Å². The summed E-state index contributed by atoms with van der Waals surface area (Å²) in [5.74, 6) is 0.637. The van der Waals surface area contributed by atoms with E-state index in [0.29, 0.717) is 18.9 Å². The molecule has 0 aromatic heterocycles. The molecular formula is C16H24N2O. The summed E-state index contributed by atoms with van der Waals surface area (Å²) >= 11 is 0. The van der Waals surface area contributed by atoms with Crippen molar-refractivity contribution < 1.29 is 4.79 Å². The molecule has 1 amide bonds. The summed E-state index contributed by atoms with van der Waals surface area (Å²) in [6.45, 7) is 2.85. The molecule has 3 N–H and O–H groups in total. The van der Waals surface area contributed by atoms with Gasteiger partial charge in [-0.3, -0.25) is 4.79 Å². The predicted molar refractivity (Wildman–Crippen MR) is 79.2 cm³/mol. The van der Waals surface area contributed by atoms with Crippen LogP contribution in [0.1, 0.15) is 43.7 Å². The van der Waals surface area contributed by atoms with E-state index in [4.69, 9.17) is 5.73 Å². The van der Waals surface area contributed by atoms with Crippen LogP contribution in [0.5, 0.6) is 0 Å². The lowest BCUT2D eigenvalue weighted by molar-refractivity contribution is -0.116. The molecule has 0 fully saturated rings. The van der Waals surface area contributed by atoms with Gasteiger partial charge in [0.25, 0.3) is 0 Å². The van der Waals surface area contributed by atoms with Gasteiger partial charge in [0.1, 0.15) is 0 Å². The third kappa shape index (κ3) is 4.06. The first-order valence-electron chi connectivity index (χ1n) is 7.30. The molecule has 0 saturated carbocycles. The SMILES string of the molecule is CC(CCN)CCC(=O)Nc1ccc2c(c1)CCC2. The number of hydrogen-bond donors (Lipinski definition) is 2. The van der Waals surface area contributed by atoms with Crippen LogP contribution in [0.3, 0.4) is 0 Å². The van der Waals surface area contributed by atoms with Crippen molar-refractivity contribution in [1.29, 1.82) is 0 Å². The van der Waals surface area contributed by atoms with E-state index in [9.17, 15) is 4.79 Å². The maximum absolute atomic E-state index is 11.9. The zero-order valence-corrected chi connectivity index (χ0v) is 11.7. The molecule has 1 aliphatic carbocycles. The number of benzene rings is 1. The molecular weight excluding hydrogens is 236 g/mol. The standard InChI is InChI=1S/C16H24N2O/c1-12(9-10-17)5-8-16(19)18-15-7-6-13-3-2-4-14(13)11-15/h6-7,11-12H,2-5,8-10,17H2,1H3,(H,18,19). The molecule has 1 aliphatic rings. The van der Waals surface area contributed by atoms with Crippen molar-refractivity contribution in [2.75, 3.05) is 11.9 Å². The van der Waals surface area contributed by atoms with E-state index in [1.165, 1.54) is 24.0 Å². The third-order valence-electron chi connectivity index (χ3n) is 3.91. The Bertz CT molecular complexity index is 442. The highest BCUT2D eigenvalue weighted by atomic mass is 16.1. The van der Waals surface area contributed by atoms with Crippen LogP contribution in [0.25, 0.3) is 0 Å². The molecule has 0 radical (unpaired) electrons. The lowest BCUT2D eigenvalue weighted by Gasteiger charge is -2.10. The summed E-state index contributed by atoms with van der Waals surface area (Å²) in [5.41, 5.74) is 9.29. The number of rotatable bonds is 6. The minimum absolute atomic E-state index is 0.113. The van der Waals surface area contributed by atoms with E-state index in [0.717, 1.165) is 24.9 Å². The quantitative estimate of drug-likeness (QED) is 0.826. The maximum Gasteiger partial charge on any atom is 0.224 e. The number of carbonyl (C=O) groups is 1. The monoisotopic (exact) mass is 260 g/mol. The van der Waals surface area contributed by atoms with Gasteiger partial charge < -0.3 is 11.1 Å². The normalized spacial score (nSPS) is 15.1. The number of carbonyl (C=O) groups excluding carboxylic acids is 1. The van der Waals surface area contributed by atoms with E-state index in [-0.39, 0.29) is 5.91 Å². The van der Waals surface area contributed by atoms with Gasteiger partial charge in [-0.1, -0.05) is 13.0 Å². The van der Waals surface area contributed by atoms with Crippen molar-refractivity contribution in [3.8, 4) is 0 Å². The van der Waals surface area contributed by atoms with E-state index in [2.05, 4.69) is 24.4 Å². The number of aryl methyl sites for hydroxylation is 2. The minimum Gasteiger partial charge on any atom is -0.330 e.